The zero-order valence-electron chi connectivity index (χ0n) is 8.76. The fraction of sp³-hybridized carbons (Fsp3) is 0.889. The predicted octanol–water partition coefficient (Wildman–Crippen LogP) is -0.300. The summed E-state index contributed by atoms with van der Waals surface area (Å²) < 4.78 is 30.6. The summed E-state index contributed by atoms with van der Waals surface area (Å²) in [6.45, 7) is 0.183. The van der Waals surface area contributed by atoms with Gasteiger partial charge in [-0.05, 0) is 25.7 Å². The largest absolute Gasteiger partial charge is 0.479 e. The van der Waals surface area contributed by atoms with E-state index in [-0.39, 0.29) is 17.9 Å². The van der Waals surface area contributed by atoms with Crippen molar-refractivity contribution in [2.24, 2.45) is 0 Å². The first-order chi connectivity index (χ1) is 7.49. The minimum Gasteiger partial charge on any atom is -0.479 e. The SMILES string of the molecule is O=C(O)C1CCC(CNS(=O)(=O)C2CC2)O1. The van der Waals surface area contributed by atoms with Gasteiger partial charge in [0.2, 0.25) is 10.0 Å². The number of sulfonamides is 1. The number of rotatable bonds is 5. The van der Waals surface area contributed by atoms with Gasteiger partial charge in [0.05, 0.1) is 11.4 Å². The topological polar surface area (TPSA) is 92.7 Å². The van der Waals surface area contributed by atoms with Crippen LogP contribution in [0.2, 0.25) is 0 Å². The van der Waals surface area contributed by atoms with Crippen LogP contribution in [0.25, 0.3) is 0 Å². The first kappa shape index (κ1) is 11.8. The van der Waals surface area contributed by atoms with Crippen LogP contribution < -0.4 is 4.72 Å². The maximum Gasteiger partial charge on any atom is 0.332 e. The molecule has 92 valence electrons. The molecule has 2 rings (SSSR count). The molecule has 2 atom stereocenters. The highest BCUT2D eigenvalue weighted by molar-refractivity contribution is 7.90. The minimum atomic E-state index is -3.19. The van der Waals surface area contributed by atoms with Gasteiger partial charge >= 0.3 is 5.97 Å². The van der Waals surface area contributed by atoms with Gasteiger partial charge in [0, 0.05) is 6.54 Å². The van der Waals surface area contributed by atoms with Crippen LogP contribution in [-0.2, 0) is 19.6 Å². The Labute approximate surface area is 94.0 Å². The molecule has 0 bridgehead atoms. The van der Waals surface area contributed by atoms with E-state index in [0.29, 0.717) is 12.8 Å². The summed E-state index contributed by atoms with van der Waals surface area (Å²) in [5.41, 5.74) is 0. The van der Waals surface area contributed by atoms with E-state index in [1.807, 2.05) is 0 Å². The lowest BCUT2D eigenvalue weighted by molar-refractivity contribution is -0.149. The lowest BCUT2D eigenvalue weighted by atomic mass is 10.2. The summed E-state index contributed by atoms with van der Waals surface area (Å²) >= 11 is 0. The van der Waals surface area contributed by atoms with Crippen molar-refractivity contribution in [3.05, 3.63) is 0 Å². The molecule has 2 N–H and O–H groups in total. The second-order valence-corrected chi connectivity index (χ2v) is 6.30. The predicted molar refractivity (Wildman–Crippen MR) is 55.5 cm³/mol. The van der Waals surface area contributed by atoms with Crippen LogP contribution in [0.15, 0.2) is 0 Å². The van der Waals surface area contributed by atoms with Crippen LogP contribution in [-0.4, -0.2) is 43.5 Å². The number of carbonyl (C=O) groups is 1. The molecule has 1 saturated carbocycles. The summed E-state index contributed by atoms with van der Waals surface area (Å²) in [4.78, 5) is 10.6. The number of aliphatic carboxylic acids is 1. The molecule has 0 aromatic rings. The molecule has 1 saturated heterocycles. The van der Waals surface area contributed by atoms with Crippen LogP contribution >= 0.6 is 0 Å². The van der Waals surface area contributed by atoms with E-state index in [1.165, 1.54) is 0 Å². The second kappa shape index (κ2) is 4.31. The van der Waals surface area contributed by atoms with Gasteiger partial charge in [0.15, 0.2) is 6.10 Å². The summed E-state index contributed by atoms with van der Waals surface area (Å²) in [6.07, 6.45) is 1.39. The molecule has 1 aliphatic heterocycles. The molecule has 0 amide bonds. The van der Waals surface area contributed by atoms with Crippen molar-refractivity contribution >= 4 is 16.0 Å². The molecule has 2 fully saturated rings. The molecule has 1 heterocycles. The highest BCUT2D eigenvalue weighted by Crippen LogP contribution is 2.27. The van der Waals surface area contributed by atoms with Crippen LogP contribution in [0, 0.1) is 0 Å². The van der Waals surface area contributed by atoms with Gasteiger partial charge < -0.3 is 9.84 Å². The zero-order valence-corrected chi connectivity index (χ0v) is 9.57. The van der Waals surface area contributed by atoms with Crippen molar-refractivity contribution in [1.82, 2.24) is 4.72 Å². The Kier molecular flexibility index (Phi) is 3.18. The Morgan fingerprint density at radius 2 is 2.00 bits per heavy atom. The standard InChI is InChI=1S/C9H15NO5S/c11-9(12)8-4-1-6(15-8)5-10-16(13,14)7-2-3-7/h6-8,10H,1-5H2,(H,11,12). The maximum atomic E-state index is 11.5. The smallest absolute Gasteiger partial charge is 0.332 e. The van der Waals surface area contributed by atoms with Gasteiger partial charge in [0.25, 0.3) is 0 Å². The van der Waals surface area contributed by atoms with Crippen LogP contribution in [0.5, 0.6) is 0 Å². The lowest BCUT2D eigenvalue weighted by Gasteiger charge is -2.12. The van der Waals surface area contributed by atoms with E-state index in [2.05, 4.69) is 4.72 Å². The van der Waals surface area contributed by atoms with Crippen LogP contribution in [0.4, 0.5) is 0 Å². The van der Waals surface area contributed by atoms with Gasteiger partial charge in [-0.15, -0.1) is 0 Å². The molecule has 7 heteroatoms. The van der Waals surface area contributed by atoms with E-state index in [1.54, 1.807) is 0 Å². The van der Waals surface area contributed by atoms with Crippen molar-refractivity contribution in [3.63, 3.8) is 0 Å². The molecule has 0 spiro atoms. The summed E-state index contributed by atoms with van der Waals surface area (Å²) in [7, 11) is -3.19. The van der Waals surface area contributed by atoms with E-state index in [0.717, 1.165) is 12.8 Å². The molecule has 2 unspecified atom stereocenters. The third-order valence-electron chi connectivity index (χ3n) is 2.86. The Morgan fingerprint density at radius 1 is 1.31 bits per heavy atom. The quantitative estimate of drug-likeness (QED) is 0.698. The van der Waals surface area contributed by atoms with Crippen molar-refractivity contribution < 1.29 is 23.1 Å². The van der Waals surface area contributed by atoms with Crippen LogP contribution in [0.3, 0.4) is 0 Å². The Morgan fingerprint density at radius 3 is 2.50 bits per heavy atom. The number of carboxylic acids is 1. The highest BCUT2D eigenvalue weighted by Gasteiger charge is 2.37. The molecule has 0 aromatic carbocycles. The van der Waals surface area contributed by atoms with Crippen molar-refractivity contribution in [3.8, 4) is 0 Å². The van der Waals surface area contributed by atoms with Gasteiger partial charge in [-0.25, -0.2) is 17.9 Å². The van der Waals surface area contributed by atoms with E-state index in [4.69, 9.17) is 9.84 Å². The summed E-state index contributed by atoms with van der Waals surface area (Å²) in [5.74, 6) is -0.979. The van der Waals surface area contributed by atoms with E-state index in [9.17, 15) is 13.2 Å². The third-order valence-corrected chi connectivity index (χ3v) is 4.78. The molecular weight excluding hydrogens is 234 g/mol. The van der Waals surface area contributed by atoms with Gasteiger partial charge in [-0.3, -0.25) is 0 Å². The first-order valence-corrected chi connectivity index (χ1v) is 6.90. The third kappa shape index (κ3) is 2.72. The molecule has 2 aliphatic rings. The van der Waals surface area contributed by atoms with Crippen molar-refractivity contribution in [1.29, 1.82) is 0 Å². The Balaban J connectivity index is 1.77. The monoisotopic (exact) mass is 249 g/mol. The van der Waals surface area contributed by atoms with Crippen molar-refractivity contribution in [2.45, 2.75) is 43.1 Å². The minimum absolute atomic E-state index is 0.183. The number of hydrogen-bond acceptors (Lipinski definition) is 4. The van der Waals surface area contributed by atoms with Gasteiger partial charge in [0.1, 0.15) is 0 Å². The molecule has 1 aliphatic carbocycles. The van der Waals surface area contributed by atoms with Crippen molar-refractivity contribution in [2.75, 3.05) is 6.54 Å². The molecule has 16 heavy (non-hydrogen) atoms. The second-order valence-electron chi connectivity index (χ2n) is 4.26. The fourth-order valence-electron chi connectivity index (χ4n) is 1.74. The average Bonchev–Trinajstić information content (AvgIpc) is 2.95. The Bertz CT molecular complexity index is 375. The Hall–Kier alpha value is -0.660. The van der Waals surface area contributed by atoms with Crippen LogP contribution in [0.1, 0.15) is 25.7 Å². The van der Waals surface area contributed by atoms with Gasteiger partial charge in [-0.2, -0.15) is 0 Å². The average molecular weight is 249 g/mol. The van der Waals surface area contributed by atoms with Gasteiger partial charge in [-0.1, -0.05) is 0 Å². The normalized spacial score (nSPS) is 30.5. The molecular formula is C9H15NO5S. The maximum absolute atomic E-state index is 11.5. The molecule has 0 aromatic heterocycles. The molecule has 6 nitrogen and oxygen atoms in total. The summed E-state index contributed by atoms with van der Waals surface area (Å²) in [6, 6.07) is 0. The first-order valence-electron chi connectivity index (χ1n) is 5.36. The fourth-order valence-corrected chi connectivity index (χ4v) is 3.15. The molecule has 0 radical (unpaired) electrons. The lowest BCUT2D eigenvalue weighted by Crippen LogP contribution is -2.35. The zero-order chi connectivity index (χ0) is 11.8. The number of ether oxygens (including phenoxy) is 1. The van der Waals surface area contributed by atoms with E-state index < -0.39 is 22.1 Å². The highest BCUT2D eigenvalue weighted by atomic mass is 32.2. The summed E-state index contributed by atoms with van der Waals surface area (Å²) in [5, 5.41) is 8.45. The van der Waals surface area contributed by atoms with E-state index >= 15 is 0 Å². The number of hydrogen-bond donors (Lipinski definition) is 2. The number of nitrogens with one attached hydrogen (secondary N) is 1. The number of carboxylic acid groups (broad SMARTS) is 1.